The van der Waals surface area contributed by atoms with Crippen molar-refractivity contribution in [3.8, 4) is 0 Å². The van der Waals surface area contributed by atoms with E-state index in [1.807, 2.05) is 0 Å². The molecular weight excluding hydrogens is 218 g/mol. The maximum atomic E-state index is 11.4. The molecule has 1 aromatic heterocycles. The van der Waals surface area contributed by atoms with Gasteiger partial charge in [-0.15, -0.1) is 11.3 Å². The van der Waals surface area contributed by atoms with Crippen LogP contribution >= 0.6 is 11.3 Å². The molecule has 0 unspecified atom stereocenters. The van der Waals surface area contributed by atoms with Crippen LogP contribution in [-0.2, 0) is 4.74 Å². The minimum absolute atomic E-state index is 0.0590. The molecular formula is C8H11N3O3S. The van der Waals surface area contributed by atoms with Gasteiger partial charge in [-0.25, -0.2) is 4.79 Å². The standard InChI is InChI=1S/C8H11N3O3S/c1-11-7-3(8(13)14-2)4(9)5(15-7)6(10)12/h11H,9H2,1-2H3,(H2,10,12). The SMILES string of the molecule is CNc1sc(C(N)=O)c(N)c1C(=O)OC. The molecule has 7 heteroatoms. The number of hydrogen-bond acceptors (Lipinski definition) is 6. The summed E-state index contributed by atoms with van der Waals surface area (Å²) in [6, 6.07) is 0. The van der Waals surface area contributed by atoms with Gasteiger partial charge < -0.3 is 21.5 Å². The monoisotopic (exact) mass is 229 g/mol. The predicted octanol–water partition coefficient (Wildman–Crippen LogP) is 0.257. The Balaban J connectivity index is 3.36. The normalized spacial score (nSPS) is 9.73. The van der Waals surface area contributed by atoms with Gasteiger partial charge in [0.2, 0.25) is 0 Å². The Morgan fingerprint density at radius 2 is 2.07 bits per heavy atom. The van der Waals surface area contributed by atoms with Gasteiger partial charge in [-0.3, -0.25) is 4.79 Å². The zero-order valence-corrected chi connectivity index (χ0v) is 9.10. The minimum atomic E-state index is -0.663. The summed E-state index contributed by atoms with van der Waals surface area (Å²) >= 11 is 1.03. The lowest BCUT2D eigenvalue weighted by molar-refractivity contribution is 0.0603. The number of methoxy groups -OCH3 is 1. The van der Waals surface area contributed by atoms with Crippen LogP contribution in [0, 0.1) is 0 Å². The van der Waals surface area contributed by atoms with Crippen molar-refractivity contribution in [2.45, 2.75) is 0 Å². The molecule has 0 aliphatic carbocycles. The third kappa shape index (κ3) is 1.86. The van der Waals surface area contributed by atoms with Gasteiger partial charge in [0.1, 0.15) is 15.4 Å². The van der Waals surface area contributed by atoms with Gasteiger partial charge in [-0.05, 0) is 0 Å². The summed E-state index contributed by atoms with van der Waals surface area (Å²) in [5.74, 6) is -1.26. The van der Waals surface area contributed by atoms with Crippen molar-refractivity contribution in [1.29, 1.82) is 0 Å². The smallest absolute Gasteiger partial charge is 0.343 e. The van der Waals surface area contributed by atoms with Crippen molar-refractivity contribution in [1.82, 2.24) is 0 Å². The van der Waals surface area contributed by atoms with Crippen LogP contribution in [0.2, 0.25) is 0 Å². The Morgan fingerprint density at radius 3 is 2.47 bits per heavy atom. The second-order valence-electron chi connectivity index (χ2n) is 2.65. The number of rotatable bonds is 3. The van der Waals surface area contributed by atoms with E-state index >= 15 is 0 Å². The fraction of sp³-hybridized carbons (Fsp3) is 0.250. The van der Waals surface area contributed by atoms with Gasteiger partial charge in [0.05, 0.1) is 12.8 Å². The molecule has 0 bridgehead atoms. The minimum Gasteiger partial charge on any atom is -0.465 e. The van der Waals surface area contributed by atoms with Gasteiger partial charge in [0.25, 0.3) is 5.91 Å². The number of nitrogen functional groups attached to an aromatic ring is 1. The highest BCUT2D eigenvalue weighted by Gasteiger charge is 2.24. The van der Waals surface area contributed by atoms with Gasteiger partial charge in [0, 0.05) is 7.05 Å². The fourth-order valence-electron chi connectivity index (χ4n) is 1.11. The molecule has 0 radical (unpaired) electrons. The number of thiophene rings is 1. The largest absolute Gasteiger partial charge is 0.465 e. The first-order valence-corrected chi connectivity index (χ1v) is 4.82. The summed E-state index contributed by atoms with van der Waals surface area (Å²) in [6.45, 7) is 0. The molecule has 0 saturated carbocycles. The van der Waals surface area contributed by atoms with E-state index in [4.69, 9.17) is 11.5 Å². The van der Waals surface area contributed by atoms with Crippen LogP contribution in [0.15, 0.2) is 0 Å². The van der Waals surface area contributed by atoms with Gasteiger partial charge in [-0.2, -0.15) is 0 Å². The van der Waals surface area contributed by atoms with Crippen LogP contribution in [0.4, 0.5) is 10.7 Å². The Labute approximate surface area is 90.2 Å². The quantitative estimate of drug-likeness (QED) is 0.644. The average Bonchev–Trinajstić information content (AvgIpc) is 2.54. The highest BCUT2D eigenvalue weighted by Crippen LogP contribution is 2.35. The number of nitrogens with one attached hydrogen (secondary N) is 1. The molecule has 0 fully saturated rings. The first kappa shape index (κ1) is 11.3. The van der Waals surface area contributed by atoms with E-state index in [9.17, 15) is 9.59 Å². The van der Waals surface area contributed by atoms with Crippen molar-refractivity contribution >= 4 is 33.9 Å². The van der Waals surface area contributed by atoms with Crippen LogP contribution < -0.4 is 16.8 Å². The summed E-state index contributed by atoms with van der Waals surface area (Å²) in [5, 5.41) is 3.22. The third-order valence-corrected chi connectivity index (χ3v) is 3.02. The van der Waals surface area contributed by atoms with Gasteiger partial charge in [0.15, 0.2) is 0 Å². The maximum Gasteiger partial charge on any atom is 0.343 e. The number of ether oxygens (including phenoxy) is 1. The number of primary amides is 1. The molecule has 1 aromatic rings. The molecule has 1 heterocycles. The number of carbonyl (C=O) groups is 2. The highest BCUT2D eigenvalue weighted by atomic mass is 32.1. The molecule has 0 aliphatic rings. The van der Waals surface area contributed by atoms with E-state index in [0.717, 1.165) is 11.3 Å². The van der Waals surface area contributed by atoms with Crippen molar-refractivity contribution in [2.24, 2.45) is 5.73 Å². The summed E-state index contributed by atoms with van der Waals surface area (Å²) < 4.78 is 4.55. The van der Waals surface area contributed by atoms with Crippen LogP contribution in [0.5, 0.6) is 0 Å². The Morgan fingerprint density at radius 1 is 1.47 bits per heavy atom. The Kier molecular flexibility index (Phi) is 3.15. The van der Waals surface area contributed by atoms with Crippen molar-refractivity contribution in [2.75, 3.05) is 25.2 Å². The molecule has 6 nitrogen and oxygen atoms in total. The molecule has 0 saturated heterocycles. The van der Waals surface area contributed by atoms with Crippen molar-refractivity contribution in [3.63, 3.8) is 0 Å². The van der Waals surface area contributed by atoms with E-state index in [-0.39, 0.29) is 16.1 Å². The van der Waals surface area contributed by atoms with Crippen LogP contribution in [0.3, 0.4) is 0 Å². The lowest BCUT2D eigenvalue weighted by Gasteiger charge is -2.01. The second-order valence-corrected chi connectivity index (χ2v) is 3.68. The fourth-order valence-corrected chi connectivity index (χ4v) is 2.02. The molecule has 0 atom stereocenters. The zero-order valence-electron chi connectivity index (χ0n) is 8.29. The summed E-state index contributed by atoms with van der Waals surface area (Å²) in [6.07, 6.45) is 0. The van der Waals surface area contributed by atoms with Crippen LogP contribution in [0.25, 0.3) is 0 Å². The predicted molar refractivity (Wildman–Crippen MR) is 58.1 cm³/mol. The number of esters is 1. The molecule has 15 heavy (non-hydrogen) atoms. The summed E-state index contributed by atoms with van der Waals surface area (Å²) in [7, 11) is 2.85. The molecule has 1 amide bonds. The van der Waals surface area contributed by atoms with E-state index in [1.165, 1.54) is 7.11 Å². The maximum absolute atomic E-state index is 11.4. The number of amides is 1. The van der Waals surface area contributed by atoms with Crippen LogP contribution in [0.1, 0.15) is 20.0 Å². The van der Waals surface area contributed by atoms with Gasteiger partial charge >= 0.3 is 5.97 Å². The third-order valence-electron chi connectivity index (χ3n) is 1.79. The first-order chi connectivity index (χ1) is 7.02. The van der Waals surface area contributed by atoms with Gasteiger partial charge in [-0.1, -0.05) is 0 Å². The first-order valence-electron chi connectivity index (χ1n) is 4.01. The average molecular weight is 229 g/mol. The molecule has 82 valence electrons. The number of carbonyl (C=O) groups excluding carboxylic acids is 2. The van der Waals surface area contributed by atoms with Crippen molar-refractivity contribution in [3.05, 3.63) is 10.4 Å². The number of anilines is 2. The molecule has 0 aromatic carbocycles. The summed E-state index contributed by atoms with van der Waals surface area (Å²) in [4.78, 5) is 22.5. The summed E-state index contributed by atoms with van der Waals surface area (Å²) in [5.41, 5.74) is 10.9. The molecule has 5 N–H and O–H groups in total. The van der Waals surface area contributed by atoms with Crippen molar-refractivity contribution < 1.29 is 14.3 Å². The molecule has 0 aliphatic heterocycles. The molecule has 0 spiro atoms. The lowest BCUT2D eigenvalue weighted by Crippen LogP contribution is -2.12. The second kappa shape index (κ2) is 4.18. The highest BCUT2D eigenvalue weighted by molar-refractivity contribution is 7.19. The Hall–Kier alpha value is -1.76. The number of hydrogen-bond donors (Lipinski definition) is 3. The van der Waals surface area contributed by atoms with Crippen LogP contribution in [-0.4, -0.2) is 26.0 Å². The van der Waals surface area contributed by atoms with E-state index in [1.54, 1.807) is 7.05 Å². The Bertz CT molecular complexity index is 414. The molecule has 1 rings (SSSR count). The topological polar surface area (TPSA) is 107 Å². The lowest BCUT2D eigenvalue weighted by atomic mass is 10.2. The zero-order chi connectivity index (χ0) is 11.6. The van der Waals surface area contributed by atoms with E-state index in [2.05, 4.69) is 10.1 Å². The van der Waals surface area contributed by atoms with E-state index in [0.29, 0.717) is 5.00 Å². The number of nitrogens with two attached hydrogens (primary N) is 2. The van der Waals surface area contributed by atoms with E-state index < -0.39 is 11.9 Å².